The standard InChI is InChI=1S/C20H25N3O/c1-3-23(4-2)19-13-10-18(11-14-19)16-21-22-20(24)15-12-17-8-6-5-7-9-17/h5-11,13-14,16H,3-4,12,15H2,1-2H3,(H,22,24)/b21-16+. The van der Waals surface area contributed by atoms with Crippen LogP contribution in [0.5, 0.6) is 0 Å². The zero-order valence-electron chi connectivity index (χ0n) is 14.4. The minimum atomic E-state index is -0.0742. The van der Waals surface area contributed by atoms with E-state index in [2.05, 4.69) is 41.4 Å². The van der Waals surface area contributed by atoms with E-state index >= 15 is 0 Å². The lowest BCUT2D eigenvalue weighted by Gasteiger charge is -2.20. The lowest BCUT2D eigenvalue weighted by atomic mass is 10.1. The average Bonchev–Trinajstić information content (AvgIpc) is 2.63. The summed E-state index contributed by atoms with van der Waals surface area (Å²) < 4.78 is 0. The van der Waals surface area contributed by atoms with E-state index in [0.717, 1.165) is 30.6 Å². The Hall–Kier alpha value is -2.62. The Labute approximate surface area is 144 Å². The van der Waals surface area contributed by atoms with Gasteiger partial charge in [0.05, 0.1) is 6.21 Å². The van der Waals surface area contributed by atoms with Gasteiger partial charge in [-0.1, -0.05) is 42.5 Å². The average molecular weight is 323 g/mol. The molecule has 1 N–H and O–H groups in total. The minimum absolute atomic E-state index is 0.0742. The van der Waals surface area contributed by atoms with Gasteiger partial charge < -0.3 is 4.90 Å². The topological polar surface area (TPSA) is 44.7 Å². The van der Waals surface area contributed by atoms with Crippen molar-refractivity contribution in [2.45, 2.75) is 26.7 Å². The largest absolute Gasteiger partial charge is 0.372 e. The maximum absolute atomic E-state index is 11.8. The van der Waals surface area contributed by atoms with Crippen LogP contribution >= 0.6 is 0 Å². The van der Waals surface area contributed by atoms with E-state index < -0.39 is 0 Å². The highest BCUT2D eigenvalue weighted by Crippen LogP contribution is 2.13. The lowest BCUT2D eigenvalue weighted by Crippen LogP contribution is -2.21. The molecule has 0 atom stereocenters. The first-order valence-corrected chi connectivity index (χ1v) is 8.43. The number of rotatable bonds is 8. The van der Waals surface area contributed by atoms with E-state index in [9.17, 15) is 4.79 Å². The fraction of sp³-hybridized carbons (Fsp3) is 0.300. The summed E-state index contributed by atoms with van der Waals surface area (Å²) in [6.45, 7) is 6.26. The highest BCUT2D eigenvalue weighted by Gasteiger charge is 2.02. The molecule has 2 rings (SSSR count). The van der Waals surface area contributed by atoms with Gasteiger partial charge in [-0.25, -0.2) is 5.43 Å². The zero-order valence-corrected chi connectivity index (χ0v) is 14.4. The number of benzene rings is 2. The Balaban J connectivity index is 1.79. The molecule has 0 spiro atoms. The first-order valence-electron chi connectivity index (χ1n) is 8.43. The zero-order chi connectivity index (χ0) is 17.2. The van der Waals surface area contributed by atoms with Crippen molar-refractivity contribution in [1.82, 2.24) is 5.43 Å². The second kappa shape index (κ2) is 9.50. The monoisotopic (exact) mass is 323 g/mol. The Morgan fingerprint density at radius 2 is 1.71 bits per heavy atom. The van der Waals surface area contributed by atoms with Crippen LogP contribution in [0, 0.1) is 0 Å². The molecule has 0 aliphatic heterocycles. The molecule has 0 aliphatic rings. The van der Waals surface area contributed by atoms with Gasteiger partial charge in [0.2, 0.25) is 5.91 Å². The third kappa shape index (κ3) is 5.54. The van der Waals surface area contributed by atoms with Crippen LogP contribution in [0.15, 0.2) is 59.7 Å². The van der Waals surface area contributed by atoms with Gasteiger partial charge in [0, 0.05) is 25.2 Å². The fourth-order valence-electron chi connectivity index (χ4n) is 2.50. The summed E-state index contributed by atoms with van der Waals surface area (Å²) in [6, 6.07) is 18.1. The van der Waals surface area contributed by atoms with Crippen molar-refractivity contribution in [3.63, 3.8) is 0 Å². The number of amides is 1. The molecule has 0 fully saturated rings. The Morgan fingerprint density at radius 1 is 1.04 bits per heavy atom. The van der Waals surface area contributed by atoms with Gasteiger partial charge in [0.1, 0.15) is 0 Å². The molecule has 0 radical (unpaired) electrons. The van der Waals surface area contributed by atoms with E-state index in [1.54, 1.807) is 6.21 Å². The van der Waals surface area contributed by atoms with Crippen LogP contribution in [0.3, 0.4) is 0 Å². The SMILES string of the molecule is CCN(CC)c1ccc(/C=N/NC(=O)CCc2ccccc2)cc1. The number of carbonyl (C=O) groups excluding carboxylic acids is 1. The first kappa shape index (κ1) is 17.7. The summed E-state index contributed by atoms with van der Waals surface area (Å²) >= 11 is 0. The summed E-state index contributed by atoms with van der Waals surface area (Å²) in [5.74, 6) is -0.0742. The third-order valence-corrected chi connectivity index (χ3v) is 3.91. The molecule has 24 heavy (non-hydrogen) atoms. The van der Waals surface area contributed by atoms with Crippen LogP contribution in [0.4, 0.5) is 5.69 Å². The molecule has 126 valence electrons. The number of hydrogen-bond donors (Lipinski definition) is 1. The van der Waals surface area contributed by atoms with Crippen molar-refractivity contribution in [3.8, 4) is 0 Å². The smallest absolute Gasteiger partial charge is 0.240 e. The third-order valence-electron chi connectivity index (χ3n) is 3.91. The maximum Gasteiger partial charge on any atom is 0.240 e. The molecule has 2 aromatic rings. The number of nitrogens with zero attached hydrogens (tertiary/aromatic N) is 2. The number of hydrazone groups is 1. The Kier molecular flexibility index (Phi) is 7.02. The van der Waals surface area contributed by atoms with Gasteiger partial charge in [0.25, 0.3) is 0 Å². The highest BCUT2D eigenvalue weighted by atomic mass is 16.2. The molecule has 0 heterocycles. The van der Waals surface area contributed by atoms with Crippen LogP contribution in [-0.4, -0.2) is 25.2 Å². The maximum atomic E-state index is 11.8. The van der Waals surface area contributed by atoms with Crippen LogP contribution in [0.2, 0.25) is 0 Å². The molecule has 0 unspecified atom stereocenters. The minimum Gasteiger partial charge on any atom is -0.372 e. The number of anilines is 1. The van der Waals surface area contributed by atoms with Crippen molar-refractivity contribution >= 4 is 17.8 Å². The summed E-state index contributed by atoms with van der Waals surface area (Å²) in [7, 11) is 0. The quantitative estimate of drug-likeness (QED) is 0.596. The summed E-state index contributed by atoms with van der Waals surface area (Å²) in [6.07, 6.45) is 2.83. The molecule has 0 aliphatic carbocycles. The lowest BCUT2D eigenvalue weighted by molar-refractivity contribution is -0.121. The predicted octanol–water partition coefficient (Wildman–Crippen LogP) is 3.62. The van der Waals surface area contributed by atoms with Crippen molar-refractivity contribution < 1.29 is 4.79 Å². The summed E-state index contributed by atoms with van der Waals surface area (Å²) in [4.78, 5) is 14.1. The number of nitrogens with one attached hydrogen (secondary N) is 1. The number of carbonyl (C=O) groups is 1. The number of hydrogen-bond acceptors (Lipinski definition) is 3. The molecule has 4 heteroatoms. The van der Waals surface area contributed by atoms with Gasteiger partial charge in [-0.2, -0.15) is 5.10 Å². The fourth-order valence-corrected chi connectivity index (χ4v) is 2.50. The molecular weight excluding hydrogens is 298 g/mol. The van der Waals surface area contributed by atoms with E-state index in [1.807, 2.05) is 42.5 Å². The predicted molar refractivity (Wildman–Crippen MR) is 101 cm³/mol. The van der Waals surface area contributed by atoms with Gasteiger partial charge in [-0.15, -0.1) is 0 Å². The normalized spacial score (nSPS) is 10.8. The Bertz CT molecular complexity index is 646. The van der Waals surface area contributed by atoms with Crippen molar-refractivity contribution in [2.75, 3.05) is 18.0 Å². The van der Waals surface area contributed by atoms with Crippen LogP contribution in [0.1, 0.15) is 31.4 Å². The van der Waals surface area contributed by atoms with Crippen molar-refractivity contribution in [2.24, 2.45) is 5.10 Å². The molecule has 0 aromatic heterocycles. The number of aryl methyl sites for hydroxylation is 1. The second-order valence-corrected chi connectivity index (χ2v) is 5.54. The molecular formula is C20H25N3O. The molecule has 4 nitrogen and oxygen atoms in total. The van der Waals surface area contributed by atoms with E-state index in [0.29, 0.717) is 6.42 Å². The van der Waals surface area contributed by atoms with E-state index in [-0.39, 0.29) is 5.91 Å². The molecule has 1 amide bonds. The van der Waals surface area contributed by atoms with Gasteiger partial charge >= 0.3 is 0 Å². The molecule has 2 aromatic carbocycles. The van der Waals surface area contributed by atoms with Crippen LogP contribution in [-0.2, 0) is 11.2 Å². The molecule has 0 bridgehead atoms. The van der Waals surface area contributed by atoms with Crippen molar-refractivity contribution in [3.05, 3.63) is 65.7 Å². The first-order chi connectivity index (χ1) is 11.7. The van der Waals surface area contributed by atoms with Crippen LogP contribution in [0.25, 0.3) is 0 Å². The van der Waals surface area contributed by atoms with Crippen molar-refractivity contribution in [1.29, 1.82) is 0 Å². The van der Waals surface area contributed by atoms with Gasteiger partial charge in [-0.05, 0) is 43.5 Å². The summed E-state index contributed by atoms with van der Waals surface area (Å²) in [5.41, 5.74) is 5.90. The highest BCUT2D eigenvalue weighted by molar-refractivity contribution is 5.83. The van der Waals surface area contributed by atoms with Crippen LogP contribution < -0.4 is 10.3 Å². The Morgan fingerprint density at radius 3 is 2.33 bits per heavy atom. The summed E-state index contributed by atoms with van der Waals surface area (Å²) in [5, 5.41) is 4.03. The van der Waals surface area contributed by atoms with Gasteiger partial charge in [-0.3, -0.25) is 4.79 Å². The van der Waals surface area contributed by atoms with Gasteiger partial charge in [0.15, 0.2) is 0 Å². The van der Waals surface area contributed by atoms with E-state index in [4.69, 9.17) is 0 Å². The molecule has 0 saturated carbocycles. The molecule has 0 saturated heterocycles. The van der Waals surface area contributed by atoms with E-state index in [1.165, 1.54) is 5.69 Å². The second-order valence-electron chi connectivity index (χ2n) is 5.54.